The average molecular weight is 451 g/mol. The molecule has 1 N–H and O–H groups in total. The second-order valence-electron chi connectivity index (χ2n) is 7.85. The lowest BCUT2D eigenvalue weighted by atomic mass is 10.1. The van der Waals surface area contributed by atoms with E-state index in [0.29, 0.717) is 53.9 Å². The summed E-state index contributed by atoms with van der Waals surface area (Å²) in [6, 6.07) is 18.3. The summed E-state index contributed by atoms with van der Waals surface area (Å²) >= 11 is 1.45. The second kappa shape index (κ2) is 9.97. The van der Waals surface area contributed by atoms with Crippen molar-refractivity contribution < 1.29 is 19.1 Å². The number of nitrogens with one attached hydrogen (secondary N) is 1. The molecule has 0 spiro atoms. The third-order valence-corrected chi connectivity index (χ3v) is 6.50. The number of morpholine rings is 1. The highest BCUT2D eigenvalue weighted by Crippen LogP contribution is 2.34. The van der Waals surface area contributed by atoms with Crippen molar-refractivity contribution in [2.45, 2.75) is 19.8 Å². The predicted octanol–water partition coefficient (Wildman–Crippen LogP) is 5.39. The molecule has 1 aromatic heterocycles. The third kappa shape index (κ3) is 5.18. The van der Waals surface area contributed by atoms with Gasteiger partial charge in [-0.25, -0.2) is 0 Å². The summed E-state index contributed by atoms with van der Waals surface area (Å²) in [6.45, 7) is 6.32. The van der Waals surface area contributed by atoms with E-state index < -0.39 is 0 Å². The lowest BCUT2D eigenvalue weighted by molar-refractivity contribution is 0.0304. The van der Waals surface area contributed by atoms with E-state index in [9.17, 15) is 9.59 Å². The van der Waals surface area contributed by atoms with Crippen molar-refractivity contribution in [1.82, 2.24) is 4.90 Å². The van der Waals surface area contributed by atoms with Crippen molar-refractivity contribution in [2.24, 2.45) is 0 Å². The first-order chi connectivity index (χ1) is 15.5. The van der Waals surface area contributed by atoms with E-state index in [1.807, 2.05) is 36.4 Å². The topological polar surface area (TPSA) is 67.9 Å². The van der Waals surface area contributed by atoms with E-state index in [2.05, 4.69) is 19.2 Å². The summed E-state index contributed by atoms with van der Waals surface area (Å²) in [5, 5.41) is 3.53. The van der Waals surface area contributed by atoms with Crippen molar-refractivity contribution >= 4 is 28.2 Å². The van der Waals surface area contributed by atoms with Crippen molar-refractivity contribution in [3.63, 3.8) is 0 Å². The molecule has 7 heteroatoms. The largest absolute Gasteiger partial charge is 0.457 e. The molecule has 2 amide bonds. The van der Waals surface area contributed by atoms with Gasteiger partial charge in [-0.05, 0) is 42.3 Å². The first-order valence-corrected chi connectivity index (χ1v) is 11.5. The molecule has 1 aliphatic heterocycles. The Kier molecular flexibility index (Phi) is 6.87. The molecule has 0 bridgehead atoms. The normalized spacial score (nSPS) is 13.8. The van der Waals surface area contributed by atoms with E-state index in [4.69, 9.17) is 9.47 Å². The minimum absolute atomic E-state index is 0.0760. The zero-order valence-corrected chi connectivity index (χ0v) is 19.0. The number of thiophene rings is 1. The quantitative estimate of drug-likeness (QED) is 0.547. The molecule has 166 valence electrons. The van der Waals surface area contributed by atoms with Gasteiger partial charge in [0.25, 0.3) is 11.8 Å². The van der Waals surface area contributed by atoms with Crippen LogP contribution >= 0.6 is 11.3 Å². The summed E-state index contributed by atoms with van der Waals surface area (Å²) in [7, 11) is 0. The zero-order valence-electron chi connectivity index (χ0n) is 18.2. The maximum absolute atomic E-state index is 13.1. The first-order valence-electron chi connectivity index (χ1n) is 10.7. The van der Waals surface area contributed by atoms with Crippen LogP contribution in [0.1, 0.15) is 45.4 Å². The molecule has 1 fully saturated rings. The molecule has 0 saturated carbocycles. The van der Waals surface area contributed by atoms with E-state index in [1.165, 1.54) is 11.3 Å². The van der Waals surface area contributed by atoms with Crippen LogP contribution in [0.5, 0.6) is 11.5 Å². The molecule has 0 aliphatic carbocycles. The highest BCUT2D eigenvalue weighted by molar-refractivity contribution is 7.16. The smallest absolute Gasteiger partial charge is 0.257 e. The molecule has 4 rings (SSSR count). The van der Waals surface area contributed by atoms with E-state index in [-0.39, 0.29) is 17.7 Å². The number of rotatable bonds is 6. The van der Waals surface area contributed by atoms with Gasteiger partial charge in [0.2, 0.25) is 0 Å². The van der Waals surface area contributed by atoms with Crippen LogP contribution in [0.25, 0.3) is 0 Å². The van der Waals surface area contributed by atoms with Crippen LogP contribution in [-0.4, -0.2) is 43.0 Å². The molecule has 0 radical (unpaired) electrons. The third-order valence-electron chi connectivity index (χ3n) is 5.15. The summed E-state index contributed by atoms with van der Waals surface area (Å²) in [6.07, 6.45) is 0. The molecule has 0 unspecified atom stereocenters. The maximum atomic E-state index is 13.1. The Morgan fingerprint density at radius 3 is 2.44 bits per heavy atom. The van der Waals surface area contributed by atoms with Gasteiger partial charge in [-0.3, -0.25) is 9.59 Å². The van der Waals surface area contributed by atoms with E-state index in [0.717, 1.165) is 4.88 Å². The number of nitrogens with zero attached hydrogens (tertiary/aromatic N) is 1. The molecular formula is C25H26N2O4S. The SMILES string of the molecule is CC(C)c1cc(C(=O)N2CCOCC2)c(NC(=O)c2cccc(Oc3ccccc3)c2)s1. The standard InChI is InChI=1S/C25H26N2O4S/c1-17(2)22-16-21(25(29)27-11-13-30-14-12-27)24(32-22)26-23(28)18-7-6-10-20(15-18)31-19-8-4-3-5-9-19/h3-10,15-17H,11-14H2,1-2H3,(H,26,28). The highest BCUT2D eigenvalue weighted by Gasteiger charge is 2.25. The van der Waals surface area contributed by atoms with Gasteiger partial charge in [-0.1, -0.05) is 38.1 Å². The summed E-state index contributed by atoms with van der Waals surface area (Å²) < 4.78 is 11.2. The fourth-order valence-corrected chi connectivity index (χ4v) is 4.43. The second-order valence-corrected chi connectivity index (χ2v) is 8.93. The van der Waals surface area contributed by atoms with Crippen molar-refractivity contribution in [3.8, 4) is 11.5 Å². The van der Waals surface area contributed by atoms with Crippen LogP contribution in [0.2, 0.25) is 0 Å². The van der Waals surface area contributed by atoms with Crippen molar-refractivity contribution in [2.75, 3.05) is 31.6 Å². The lowest BCUT2D eigenvalue weighted by Gasteiger charge is -2.26. The molecular weight excluding hydrogens is 424 g/mol. The van der Waals surface area contributed by atoms with Crippen LogP contribution < -0.4 is 10.1 Å². The summed E-state index contributed by atoms with van der Waals surface area (Å²) in [4.78, 5) is 29.0. The van der Waals surface area contributed by atoms with Gasteiger partial charge < -0.3 is 19.7 Å². The summed E-state index contributed by atoms with van der Waals surface area (Å²) in [5.74, 6) is 1.17. The molecule has 6 nitrogen and oxygen atoms in total. The number of carbonyl (C=O) groups is 2. The maximum Gasteiger partial charge on any atom is 0.257 e. The van der Waals surface area contributed by atoms with Gasteiger partial charge in [0.05, 0.1) is 18.8 Å². The molecule has 32 heavy (non-hydrogen) atoms. The number of hydrogen-bond acceptors (Lipinski definition) is 5. The number of carbonyl (C=O) groups excluding carboxylic acids is 2. The van der Waals surface area contributed by atoms with Gasteiger partial charge in [-0.2, -0.15) is 0 Å². The van der Waals surface area contributed by atoms with Crippen LogP contribution in [0, 0.1) is 0 Å². The van der Waals surface area contributed by atoms with Crippen LogP contribution in [-0.2, 0) is 4.74 Å². The molecule has 2 aromatic carbocycles. The van der Waals surface area contributed by atoms with Crippen molar-refractivity contribution in [1.29, 1.82) is 0 Å². The highest BCUT2D eigenvalue weighted by atomic mass is 32.1. The van der Waals surface area contributed by atoms with Crippen LogP contribution in [0.4, 0.5) is 5.00 Å². The minimum atomic E-state index is -0.281. The molecule has 1 aliphatic rings. The van der Waals surface area contributed by atoms with Crippen LogP contribution in [0.3, 0.4) is 0 Å². The van der Waals surface area contributed by atoms with E-state index in [1.54, 1.807) is 29.2 Å². The molecule has 2 heterocycles. The fraction of sp³-hybridized carbons (Fsp3) is 0.280. The fourth-order valence-electron chi connectivity index (χ4n) is 3.38. The van der Waals surface area contributed by atoms with Gasteiger partial charge in [-0.15, -0.1) is 11.3 Å². The zero-order chi connectivity index (χ0) is 22.5. The number of hydrogen-bond donors (Lipinski definition) is 1. The molecule has 3 aromatic rings. The van der Waals surface area contributed by atoms with Crippen molar-refractivity contribution in [3.05, 3.63) is 76.7 Å². The number of benzene rings is 2. The predicted molar refractivity (Wildman–Crippen MR) is 126 cm³/mol. The Bertz CT molecular complexity index is 1090. The van der Waals surface area contributed by atoms with Gasteiger partial charge in [0.1, 0.15) is 16.5 Å². The minimum Gasteiger partial charge on any atom is -0.457 e. The lowest BCUT2D eigenvalue weighted by Crippen LogP contribution is -2.40. The number of ether oxygens (including phenoxy) is 2. The Hall–Kier alpha value is -3.16. The van der Waals surface area contributed by atoms with Gasteiger partial charge >= 0.3 is 0 Å². The molecule has 0 atom stereocenters. The summed E-state index contributed by atoms with van der Waals surface area (Å²) in [5.41, 5.74) is 0.994. The number of anilines is 1. The van der Waals surface area contributed by atoms with Gasteiger partial charge in [0.15, 0.2) is 0 Å². The van der Waals surface area contributed by atoms with Crippen LogP contribution in [0.15, 0.2) is 60.7 Å². The Balaban J connectivity index is 1.55. The first kappa shape index (κ1) is 22.0. The monoisotopic (exact) mass is 450 g/mol. The van der Waals surface area contributed by atoms with Gasteiger partial charge in [0, 0.05) is 23.5 Å². The number of amides is 2. The average Bonchev–Trinajstić information content (AvgIpc) is 3.24. The Morgan fingerprint density at radius 1 is 1.00 bits per heavy atom. The Morgan fingerprint density at radius 2 is 1.72 bits per heavy atom. The molecule has 1 saturated heterocycles. The van der Waals surface area contributed by atoms with E-state index >= 15 is 0 Å². The number of para-hydroxylation sites is 1. The Labute approximate surface area is 191 Å².